The van der Waals surface area contributed by atoms with E-state index in [2.05, 4.69) is 9.97 Å². The van der Waals surface area contributed by atoms with Crippen LogP contribution in [0.4, 0.5) is 10.2 Å². The molecule has 96 valence electrons. The molecule has 0 saturated carbocycles. The molecular formula is C14H13FN4. The van der Waals surface area contributed by atoms with Crippen LogP contribution in [0.2, 0.25) is 0 Å². The molecule has 2 aromatic rings. The van der Waals surface area contributed by atoms with Crippen LogP contribution in [0.1, 0.15) is 17.1 Å². The molecule has 0 bridgehead atoms. The number of hydrogen-bond donors (Lipinski definition) is 0. The Balaban J connectivity index is 2.23. The van der Waals surface area contributed by atoms with Gasteiger partial charge in [0.15, 0.2) is 0 Å². The van der Waals surface area contributed by atoms with Gasteiger partial charge in [0, 0.05) is 19.7 Å². The molecule has 1 aromatic heterocycles. The molecule has 1 aromatic carbocycles. The number of nitriles is 1. The van der Waals surface area contributed by atoms with Crippen molar-refractivity contribution in [2.75, 3.05) is 11.9 Å². The van der Waals surface area contributed by atoms with E-state index in [9.17, 15) is 4.39 Å². The van der Waals surface area contributed by atoms with Gasteiger partial charge in [-0.3, -0.25) is 0 Å². The first-order valence-corrected chi connectivity index (χ1v) is 5.80. The van der Waals surface area contributed by atoms with Gasteiger partial charge in [0.2, 0.25) is 0 Å². The summed E-state index contributed by atoms with van der Waals surface area (Å²) in [7, 11) is 1.84. The molecule has 19 heavy (non-hydrogen) atoms. The average molecular weight is 256 g/mol. The summed E-state index contributed by atoms with van der Waals surface area (Å²) in [5, 5.41) is 8.89. The molecule has 0 aliphatic rings. The van der Waals surface area contributed by atoms with Crippen molar-refractivity contribution in [1.82, 2.24) is 9.97 Å². The largest absolute Gasteiger partial charge is 0.355 e. The van der Waals surface area contributed by atoms with Gasteiger partial charge >= 0.3 is 0 Å². The zero-order chi connectivity index (χ0) is 13.8. The molecule has 0 radical (unpaired) electrons. The lowest BCUT2D eigenvalue weighted by Crippen LogP contribution is -2.18. The first-order chi connectivity index (χ1) is 9.08. The Morgan fingerprint density at radius 3 is 2.79 bits per heavy atom. The topological polar surface area (TPSA) is 52.8 Å². The molecule has 0 atom stereocenters. The second-order valence-corrected chi connectivity index (χ2v) is 4.26. The number of hydrogen-bond acceptors (Lipinski definition) is 4. The number of nitrogens with zero attached hydrogens (tertiary/aromatic N) is 4. The third kappa shape index (κ3) is 3.26. The van der Waals surface area contributed by atoms with Crippen LogP contribution in [-0.4, -0.2) is 17.0 Å². The molecule has 0 spiro atoms. The van der Waals surface area contributed by atoms with Crippen molar-refractivity contribution in [3.63, 3.8) is 0 Å². The van der Waals surface area contributed by atoms with Crippen molar-refractivity contribution in [1.29, 1.82) is 5.26 Å². The van der Waals surface area contributed by atoms with E-state index in [1.807, 2.05) is 24.1 Å². The lowest BCUT2D eigenvalue weighted by atomic mass is 10.2. The molecule has 0 saturated heterocycles. The maximum absolute atomic E-state index is 13.1. The number of aromatic nitrogens is 2. The van der Waals surface area contributed by atoms with Gasteiger partial charge in [0.05, 0.1) is 0 Å². The normalized spacial score (nSPS) is 10.0. The van der Waals surface area contributed by atoms with Crippen molar-refractivity contribution in [3.05, 3.63) is 53.2 Å². The highest BCUT2D eigenvalue weighted by Crippen LogP contribution is 2.14. The van der Waals surface area contributed by atoms with E-state index in [0.29, 0.717) is 23.9 Å². The SMILES string of the molecule is Cc1nc(C#N)cc(N(C)Cc2cccc(F)c2)n1. The highest BCUT2D eigenvalue weighted by atomic mass is 19.1. The Hall–Kier alpha value is -2.48. The third-order valence-corrected chi connectivity index (χ3v) is 2.64. The molecule has 2 rings (SSSR count). The van der Waals surface area contributed by atoms with Crippen molar-refractivity contribution >= 4 is 5.82 Å². The van der Waals surface area contributed by atoms with E-state index in [1.165, 1.54) is 12.1 Å². The second-order valence-electron chi connectivity index (χ2n) is 4.26. The maximum atomic E-state index is 13.1. The van der Waals surface area contributed by atoms with Gasteiger partial charge < -0.3 is 4.90 Å². The van der Waals surface area contributed by atoms with Gasteiger partial charge in [-0.1, -0.05) is 12.1 Å². The van der Waals surface area contributed by atoms with Gasteiger partial charge in [-0.25, -0.2) is 14.4 Å². The fraction of sp³-hybridized carbons (Fsp3) is 0.214. The zero-order valence-electron chi connectivity index (χ0n) is 10.8. The minimum absolute atomic E-state index is 0.262. The number of aryl methyl sites for hydroxylation is 1. The highest BCUT2D eigenvalue weighted by molar-refractivity contribution is 5.42. The Labute approximate surface area is 111 Å². The van der Waals surface area contributed by atoms with Crippen LogP contribution in [0, 0.1) is 24.1 Å². The molecule has 1 heterocycles. The molecule has 0 aliphatic carbocycles. The third-order valence-electron chi connectivity index (χ3n) is 2.64. The van der Waals surface area contributed by atoms with Crippen LogP contribution in [0.25, 0.3) is 0 Å². The summed E-state index contributed by atoms with van der Waals surface area (Å²) in [4.78, 5) is 10.1. The number of rotatable bonds is 3. The summed E-state index contributed by atoms with van der Waals surface area (Å²) in [5.41, 5.74) is 1.17. The first-order valence-electron chi connectivity index (χ1n) is 5.80. The summed E-state index contributed by atoms with van der Waals surface area (Å²) < 4.78 is 13.1. The molecular weight excluding hydrogens is 243 g/mol. The second kappa shape index (κ2) is 5.44. The Morgan fingerprint density at radius 1 is 1.32 bits per heavy atom. The van der Waals surface area contributed by atoms with Crippen LogP contribution >= 0.6 is 0 Å². The number of halogens is 1. The Morgan fingerprint density at radius 2 is 2.11 bits per heavy atom. The smallest absolute Gasteiger partial charge is 0.146 e. The van der Waals surface area contributed by atoms with E-state index < -0.39 is 0 Å². The van der Waals surface area contributed by atoms with Crippen LogP contribution in [0.15, 0.2) is 30.3 Å². The van der Waals surface area contributed by atoms with Crippen molar-refractivity contribution < 1.29 is 4.39 Å². The quantitative estimate of drug-likeness (QED) is 0.846. The summed E-state index contributed by atoms with van der Waals surface area (Å²) in [6, 6.07) is 10.0. The van der Waals surface area contributed by atoms with Gasteiger partial charge in [-0.05, 0) is 24.6 Å². The van der Waals surface area contributed by atoms with Crippen LogP contribution in [0.5, 0.6) is 0 Å². The van der Waals surface area contributed by atoms with E-state index in [1.54, 1.807) is 19.1 Å². The number of benzene rings is 1. The summed E-state index contributed by atoms with van der Waals surface area (Å²) in [6.45, 7) is 2.25. The van der Waals surface area contributed by atoms with Gasteiger partial charge in [0.25, 0.3) is 0 Å². The fourth-order valence-electron chi connectivity index (χ4n) is 1.79. The predicted octanol–water partition coefficient (Wildman–Crippen LogP) is 2.43. The summed E-state index contributed by atoms with van der Waals surface area (Å²) >= 11 is 0. The molecule has 0 aliphatic heterocycles. The van der Waals surface area contributed by atoms with E-state index in [-0.39, 0.29) is 5.82 Å². The lowest BCUT2D eigenvalue weighted by molar-refractivity contribution is 0.625. The van der Waals surface area contributed by atoms with E-state index in [0.717, 1.165) is 5.56 Å². The average Bonchev–Trinajstić information content (AvgIpc) is 2.38. The molecule has 4 nitrogen and oxygen atoms in total. The summed E-state index contributed by atoms with van der Waals surface area (Å²) in [6.07, 6.45) is 0. The van der Waals surface area contributed by atoms with E-state index >= 15 is 0 Å². The maximum Gasteiger partial charge on any atom is 0.146 e. The standard InChI is InChI=1S/C14H13FN4/c1-10-17-13(8-16)7-14(18-10)19(2)9-11-4-3-5-12(15)6-11/h3-7H,9H2,1-2H3. The minimum atomic E-state index is -0.262. The zero-order valence-corrected chi connectivity index (χ0v) is 10.8. The van der Waals surface area contributed by atoms with Crippen molar-refractivity contribution in [2.45, 2.75) is 13.5 Å². The molecule has 0 amide bonds. The first kappa shape index (κ1) is 13.0. The highest BCUT2D eigenvalue weighted by Gasteiger charge is 2.07. The Bertz CT molecular complexity index is 634. The van der Waals surface area contributed by atoms with Crippen LogP contribution in [0.3, 0.4) is 0 Å². The molecule has 5 heteroatoms. The van der Waals surface area contributed by atoms with Gasteiger partial charge in [-0.2, -0.15) is 5.26 Å². The molecule has 0 fully saturated rings. The molecule has 0 N–H and O–H groups in total. The summed E-state index contributed by atoms with van der Waals surface area (Å²) in [5.74, 6) is 0.927. The Kier molecular flexibility index (Phi) is 3.71. The molecule has 0 unspecified atom stereocenters. The van der Waals surface area contributed by atoms with Crippen LogP contribution in [-0.2, 0) is 6.54 Å². The van der Waals surface area contributed by atoms with Crippen LogP contribution < -0.4 is 4.90 Å². The number of anilines is 1. The lowest BCUT2D eigenvalue weighted by Gasteiger charge is -2.18. The predicted molar refractivity (Wildman–Crippen MR) is 70.0 cm³/mol. The monoisotopic (exact) mass is 256 g/mol. The van der Waals surface area contributed by atoms with Gasteiger partial charge in [0.1, 0.15) is 29.2 Å². The minimum Gasteiger partial charge on any atom is -0.355 e. The van der Waals surface area contributed by atoms with Crippen molar-refractivity contribution in [2.24, 2.45) is 0 Å². The van der Waals surface area contributed by atoms with Gasteiger partial charge in [-0.15, -0.1) is 0 Å². The fourth-order valence-corrected chi connectivity index (χ4v) is 1.79. The van der Waals surface area contributed by atoms with E-state index in [4.69, 9.17) is 5.26 Å². The van der Waals surface area contributed by atoms with Crippen molar-refractivity contribution in [3.8, 4) is 6.07 Å².